The van der Waals surface area contributed by atoms with Crippen molar-refractivity contribution in [1.29, 1.82) is 0 Å². The number of nitrogens with one attached hydrogen (secondary N) is 3. The van der Waals surface area contributed by atoms with Gasteiger partial charge in [-0.25, -0.2) is 0 Å². The lowest BCUT2D eigenvalue weighted by Crippen LogP contribution is -2.56. The number of aliphatic imine (C=N–C) groups is 1. The van der Waals surface area contributed by atoms with Crippen LogP contribution >= 0.6 is 0 Å². The first-order valence-electron chi connectivity index (χ1n) is 10.7. The zero-order valence-electron chi connectivity index (χ0n) is 19.1. The summed E-state index contributed by atoms with van der Waals surface area (Å²) in [5.74, 6) is -4.42. The van der Waals surface area contributed by atoms with Crippen LogP contribution in [0.1, 0.15) is 24.8 Å². The number of hydrogen-bond acceptors (Lipinski definition) is 7. The summed E-state index contributed by atoms with van der Waals surface area (Å²) >= 11 is 0. The van der Waals surface area contributed by atoms with E-state index >= 15 is 0 Å². The van der Waals surface area contributed by atoms with Crippen molar-refractivity contribution >= 4 is 35.6 Å². The lowest BCUT2D eigenvalue weighted by Gasteiger charge is -2.24. The number of carboxylic acids is 1. The number of benzene rings is 1. The van der Waals surface area contributed by atoms with Crippen LogP contribution in [0.2, 0.25) is 0 Å². The number of carboxylic acid groups (broad SMARTS) is 1. The topological polar surface area (TPSA) is 258 Å². The summed E-state index contributed by atoms with van der Waals surface area (Å²) in [4.78, 5) is 63.8. The highest BCUT2D eigenvalue weighted by Crippen LogP contribution is 2.06. The van der Waals surface area contributed by atoms with Crippen LogP contribution in [0.5, 0.6) is 0 Å². The van der Waals surface area contributed by atoms with Gasteiger partial charge in [-0.05, 0) is 18.4 Å². The van der Waals surface area contributed by atoms with E-state index in [1.807, 2.05) is 0 Å². The summed E-state index contributed by atoms with van der Waals surface area (Å²) in [6.45, 7) is -0.470. The molecule has 0 aromatic heterocycles. The number of nitrogens with two attached hydrogens (primary N) is 4. The van der Waals surface area contributed by atoms with E-state index in [1.54, 1.807) is 30.3 Å². The maximum atomic E-state index is 13.1. The Bertz CT molecular complexity index is 920. The van der Waals surface area contributed by atoms with Crippen LogP contribution in [0.25, 0.3) is 0 Å². The number of aliphatic carboxylic acids is 1. The third kappa shape index (κ3) is 12.0. The lowest BCUT2D eigenvalue weighted by atomic mass is 10.0. The largest absolute Gasteiger partial charge is 0.480 e. The number of primary amides is 1. The Hall–Kier alpha value is -4.20. The van der Waals surface area contributed by atoms with Crippen molar-refractivity contribution in [2.75, 3.05) is 13.1 Å². The average molecular weight is 493 g/mol. The third-order valence-corrected chi connectivity index (χ3v) is 4.67. The molecule has 35 heavy (non-hydrogen) atoms. The fourth-order valence-corrected chi connectivity index (χ4v) is 2.98. The molecule has 3 unspecified atom stereocenters. The van der Waals surface area contributed by atoms with Gasteiger partial charge in [0, 0.05) is 13.0 Å². The van der Waals surface area contributed by atoms with Gasteiger partial charge in [0.25, 0.3) is 0 Å². The highest BCUT2D eigenvalue weighted by Gasteiger charge is 2.28. The summed E-state index contributed by atoms with van der Waals surface area (Å²) in [6.07, 6.45) is -0.00137. The third-order valence-electron chi connectivity index (χ3n) is 4.67. The van der Waals surface area contributed by atoms with Gasteiger partial charge in [0.1, 0.15) is 18.6 Å². The molecular formula is C21H32N8O6. The van der Waals surface area contributed by atoms with Crippen molar-refractivity contribution in [1.82, 2.24) is 16.0 Å². The van der Waals surface area contributed by atoms with Crippen LogP contribution in [-0.2, 0) is 30.4 Å². The molecule has 14 nitrogen and oxygen atoms in total. The molecule has 0 aliphatic rings. The molecule has 192 valence electrons. The fourth-order valence-electron chi connectivity index (χ4n) is 2.98. The Kier molecular flexibility index (Phi) is 12.2. The second kappa shape index (κ2) is 14.8. The van der Waals surface area contributed by atoms with Crippen LogP contribution in [-0.4, -0.2) is 71.9 Å². The van der Waals surface area contributed by atoms with Gasteiger partial charge in [-0.3, -0.25) is 29.0 Å². The van der Waals surface area contributed by atoms with Gasteiger partial charge in [0.2, 0.25) is 23.6 Å². The molecule has 0 fully saturated rings. The minimum atomic E-state index is -1.28. The first kappa shape index (κ1) is 28.8. The van der Waals surface area contributed by atoms with Gasteiger partial charge in [-0.1, -0.05) is 30.3 Å². The van der Waals surface area contributed by atoms with E-state index in [1.165, 1.54) is 0 Å². The minimum Gasteiger partial charge on any atom is -0.480 e. The van der Waals surface area contributed by atoms with Gasteiger partial charge in [-0.2, -0.15) is 0 Å². The molecule has 0 saturated heterocycles. The first-order chi connectivity index (χ1) is 16.5. The lowest BCUT2D eigenvalue weighted by molar-refractivity contribution is -0.138. The van der Waals surface area contributed by atoms with Crippen molar-refractivity contribution in [3.05, 3.63) is 35.9 Å². The minimum absolute atomic E-state index is 0.0634. The molecule has 4 amide bonds. The van der Waals surface area contributed by atoms with E-state index in [9.17, 15) is 24.0 Å². The molecule has 12 N–H and O–H groups in total. The van der Waals surface area contributed by atoms with E-state index in [4.69, 9.17) is 28.0 Å². The molecule has 1 aromatic carbocycles. The molecule has 1 aromatic rings. The van der Waals surface area contributed by atoms with Gasteiger partial charge in [0.15, 0.2) is 5.96 Å². The molecule has 0 radical (unpaired) electrons. The summed E-state index contributed by atoms with van der Waals surface area (Å²) < 4.78 is 0. The molecule has 3 atom stereocenters. The van der Waals surface area contributed by atoms with E-state index in [0.717, 1.165) is 0 Å². The average Bonchev–Trinajstić information content (AvgIpc) is 2.78. The molecular weight excluding hydrogens is 460 g/mol. The second-order valence-electron chi connectivity index (χ2n) is 7.65. The number of carbonyl (C=O) groups excluding carboxylic acids is 4. The Balaban J connectivity index is 3.02. The van der Waals surface area contributed by atoms with Crippen molar-refractivity contribution in [3.63, 3.8) is 0 Å². The Morgan fingerprint density at radius 3 is 2.11 bits per heavy atom. The predicted molar refractivity (Wildman–Crippen MR) is 126 cm³/mol. The molecule has 0 spiro atoms. The molecule has 0 bridgehead atoms. The molecule has 14 heteroatoms. The van der Waals surface area contributed by atoms with Crippen LogP contribution in [0.4, 0.5) is 0 Å². The Labute approximate surface area is 201 Å². The number of rotatable bonds is 15. The molecule has 0 aliphatic heterocycles. The van der Waals surface area contributed by atoms with E-state index in [0.29, 0.717) is 5.56 Å². The summed E-state index contributed by atoms with van der Waals surface area (Å²) in [7, 11) is 0. The number of guanidine groups is 1. The van der Waals surface area contributed by atoms with Gasteiger partial charge >= 0.3 is 5.97 Å². The monoisotopic (exact) mass is 492 g/mol. The summed E-state index contributed by atoms with van der Waals surface area (Å²) in [6, 6.07) is 5.18. The standard InChI is InChI=1S/C21H32N8O6/c22-13(10-16(23)30)18(33)28-14(7-4-8-26-21(24)25)20(35)29-15(19(34)27-11-17(31)32)9-12-5-2-1-3-6-12/h1-3,5-6,13-15H,4,7-11,22H2,(H2,23,30)(H,27,34)(H,28,33)(H,29,35)(H,31,32)(H4,24,25,26). The molecule has 0 aliphatic carbocycles. The SMILES string of the molecule is NC(=O)CC(N)C(=O)NC(CCCN=C(N)N)C(=O)NC(Cc1ccccc1)C(=O)NCC(=O)O. The Morgan fingerprint density at radius 2 is 1.54 bits per heavy atom. The summed E-state index contributed by atoms with van der Waals surface area (Å²) in [5, 5.41) is 16.1. The van der Waals surface area contributed by atoms with Crippen molar-refractivity contribution in [2.45, 2.75) is 43.8 Å². The zero-order chi connectivity index (χ0) is 26.4. The van der Waals surface area contributed by atoms with Gasteiger partial charge in [-0.15, -0.1) is 0 Å². The van der Waals surface area contributed by atoms with E-state index < -0.39 is 60.7 Å². The number of hydrogen-bond donors (Lipinski definition) is 8. The fraction of sp³-hybridized carbons (Fsp3) is 0.429. The van der Waals surface area contributed by atoms with E-state index in [-0.39, 0.29) is 31.8 Å². The van der Waals surface area contributed by atoms with Crippen LogP contribution in [0, 0.1) is 0 Å². The van der Waals surface area contributed by atoms with Crippen LogP contribution in [0.3, 0.4) is 0 Å². The normalized spacial score (nSPS) is 12.9. The zero-order valence-corrected chi connectivity index (χ0v) is 19.1. The van der Waals surface area contributed by atoms with Crippen LogP contribution in [0.15, 0.2) is 35.3 Å². The van der Waals surface area contributed by atoms with Gasteiger partial charge in [0.05, 0.1) is 12.5 Å². The number of carbonyl (C=O) groups is 5. The number of amides is 4. The quantitative estimate of drug-likeness (QED) is 0.0690. The summed E-state index contributed by atoms with van der Waals surface area (Å²) in [5.41, 5.74) is 22.0. The van der Waals surface area contributed by atoms with Gasteiger partial charge < -0.3 is 44.0 Å². The van der Waals surface area contributed by atoms with E-state index in [2.05, 4.69) is 20.9 Å². The Morgan fingerprint density at radius 1 is 0.914 bits per heavy atom. The highest BCUT2D eigenvalue weighted by molar-refractivity contribution is 5.94. The molecule has 1 rings (SSSR count). The maximum absolute atomic E-state index is 13.1. The first-order valence-corrected chi connectivity index (χ1v) is 10.7. The molecule has 0 saturated carbocycles. The van der Waals surface area contributed by atoms with Crippen molar-refractivity contribution in [3.8, 4) is 0 Å². The number of nitrogens with zero attached hydrogens (tertiary/aromatic N) is 1. The highest BCUT2D eigenvalue weighted by atomic mass is 16.4. The second-order valence-corrected chi connectivity index (χ2v) is 7.65. The maximum Gasteiger partial charge on any atom is 0.322 e. The van der Waals surface area contributed by atoms with Crippen molar-refractivity contribution in [2.24, 2.45) is 27.9 Å². The van der Waals surface area contributed by atoms with Crippen LogP contribution < -0.4 is 38.9 Å². The predicted octanol–water partition coefficient (Wildman–Crippen LogP) is -3.34. The van der Waals surface area contributed by atoms with Crippen molar-refractivity contribution < 1.29 is 29.1 Å². The smallest absolute Gasteiger partial charge is 0.322 e. The molecule has 0 heterocycles.